The highest BCUT2D eigenvalue weighted by molar-refractivity contribution is 5.70. The Bertz CT molecular complexity index is 136. The van der Waals surface area contributed by atoms with Crippen molar-refractivity contribution in [2.75, 3.05) is 13.1 Å². The van der Waals surface area contributed by atoms with E-state index in [2.05, 4.69) is 5.32 Å². The van der Waals surface area contributed by atoms with E-state index in [1.165, 1.54) is 0 Å². The number of hydrogen-bond acceptors (Lipinski definition) is 2. The van der Waals surface area contributed by atoms with Crippen molar-refractivity contribution < 1.29 is 9.90 Å². The van der Waals surface area contributed by atoms with E-state index in [1.54, 1.807) is 0 Å². The first kappa shape index (κ1) is 7.54. The van der Waals surface area contributed by atoms with Crippen LogP contribution in [0.1, 0.15) is 13.3 Å². The van der Waals surface area contributed by atoms with Gasteiger partial charge in [0.2, 0.25) is 0 Å². The van der Waals surface area contributed by atoms with Gasteiger partial charge in [0.15, 0.2) is 0 Å². The van der Waals surface area contributed by atoms with Gasteiger partial charge in [-0.3, -0.25) is 4.79 Å². The highest BCUT2D eigenvalue weighted by Crippen LogP contribution is 2.17. The molecule has 1 aliphatic rings. The Morgan fingerprint density at radius 3 is 2.80 bits per heavy atom. The number of aliphatic carboxylic acids is 1. The first-order chi connectivity index (χ1) is 4.72. The third-order valence-electron chi connectivity index (χ3n) is 2.10. The zero-order valence-electron chi connectivity index (χ0n) is 6.13. The molecule has 1 saturated heterocycles. The minimum absolute atomic E-state index is 0.124. The van der Waals surface area contributed by atoms with Gasteiger partial charge in [-0.2, -0.15) is 0 Å². The molecule has 3 nitrogen and oxygen atoms in total. The molecule has 10 heavy (non-hydrogen) atoms. The smallest absolute Gasteiger partial charge is 0.306 e. The molecule has 1 heterocycles. The third kappa shape index (κ3) is 1.48. The molecule has 0 aromatic heterocycles. The summed E-state index contributed by atoms with van der Waals surface area (Å²) in [7, 11) is 0. The standard InChI is InChI=1S/C7H13NO2/c1-5-4-8-3-2-6(5)7(9)10/h5-6,8H,2-4H2,1H3,(H,9,10)/t5-,6?/m0/s1. The molecule has 0 aromatic rings. The van der Waals surface area contributed by atoms with Gasteiger partial charge in [-0.25, -0.2) is 0 Å². The van der Waals surface area contributed by atoms with E-state index in [0.717, 1.165) is 19.5 Å². The zero-order valence-corrected chi connectivity index (χ0v) is 6.13. The van der Waals surface area contributed by atoms with Gasteiger partial charge in [-0.15, -0.1) is 0 Å². The van der Waals surface area contributed by atoms with Crippen molar-refractivity contribution in [1.29, 1.82) is 0 Å². The molecule has 0 aromatic carbocycles. The number of rotatable bonds is 1. The minimum atomic E-state index is -0.644. The van der Waals surface area contributed by atoms with Crippen LogP contribution < -0.4 is 5.32 Å². The fourth-order valence-electron chi connectivity index (χ4n) is 1.38. The Morgan fingerprint density at radius 1 is 1.70 bits per heavy atom. The van der Waals surface area contributed by atoms with Crippen molar-refractivity contribution in [1.82, 2.24) is 5.32 Å². The van der Waals surface area contributed by atoms with Gasteiger partial charge in [0.25, 0.3) is 0 Å². The van der Waals surface area contributed by atoms with Crippen molar-refractivity contribution in [3.8, 4) is 0 Å². The summed E-state index contributed by atoms with van der Waals surface area (Å²) >= 11 is 0. The second-order valence-electron chi connectivity index (χ2n) is 2.91. The number of hydrogen-bond donors (Lipinski definition) is 2. The second kappa shape index (κ2) is 3.01. The van der Waals surface area contributed by atoms with Crippen LogP contribution in [-0.4, -0.2) is 24.2 Å². The predicted octanol–water partition coefficient (Wildman–Crippen LogP) is 0.317. The molecule has 0 spiro atoms. The molecule has 2 atom stereocenters. The van der Waals surface area contributed by atoms with Crippen LogP contribution in [0, 0.1) is 11.8 Å². The zero-order chi connectivity index (χ0) is 7.56. The minimum Gasteiger partial charge on any atom is -0.481 e. The molecule has 1 aliphatic heterocycles. The van der Waals surface area contributed by atoms with E-state index in [1.807, 2.05) is 6.92 Å². The Labute approximate surface area is 60.4 Å². The van der Waals surface area contributed by atoms with Crippen molar-refractivity contribution in [3.63, 3.8) is 0 Å². The molecule has 1 fully saturated rings. The van der Waals surface area contributed by atoms with Gasteiger partial charge in [0, 0.05) is 0 Å². The predicted molar refractivity (Wildman–Crippen MR) is 37.8 cm³/mol. The Morgan fingerprint density at radius 2 is 2.40 bits per heavy atom. The maximum absolute atomic E-state index is 10.5. The molecule has 3 heteroatoms. The van der Waals surface area contributed by atoms with Crippen LogP contribution >= 0.6 is 0 Å². The number of carboxylic acids is 1. The molecule has 2 N–H and O–H groups in total. The molecule has 0 radical (unpaired) electrons. The molecule has 0 aliphatic carbocycles. The highest BCUT2D eigenvalue weighted by atomic mass is 16.4. The Kier molecular flexibility index (Phi) is 2.27. The summed E-state index contributed by atoms with van der Waals surface area (Å²) in [5.41, 5.74) is 0. The van der Waals surface area contributed by atoms with Crippen molar-refractivity contribution in [2.24, 2.45) is 11.8 Å². The Hall–Kier alpha value is -0.570. The summed E-state index contributed by atoms with van der Waals surface area (Å²) in [4.78, 5) is 10.5. The first-order valence-electron chi connectivity index (χ1n) is 3.65. The van der Waals surface area contributed by atoms with Crippen molar-refractivity contribution >= 4 is 5.97 Å². The molecule has 1 rings (SSSR count). The summed E-state index contributed by atoms with van der Waals surface area (Å²) in [6.45, 7) is 3.67. The fraction of sp³-hybridized carbons (Fsp3) is 0.857. The van der Waals surface area contributed by atoms with Gasteiger partial charge in [-0.1, -0.05) is 6.92 Å². The molecular weight excluding hydrogens is 130 g/mol. The van der Waals surface area contributed by atoms with Crippen molar-refractivity contribution in [2.45, 2.75) is 13.3 Å². The number of carboxylic acid groups (broad SMARTS) is 1. The highest BCUT2D eigenvalue weighted by Gasteiger charge is 2.26. The lowest BCUT2D eigenvalue weighted by molar-refractivity contribution is -0.144. The van der Waals surface area contributed by atoms with E-state index < -0.39 is 5.97 Å². The third-order valence-corrected chi connectivity index (χ3v) is 2.10. The maximum Gasteiger partial charge on any atom is 0.306 e. The maximum atomic E-state index is 10.5. The number of nitrogens with one attached hydrogen (secondary N) is 1. The van der Waals surface area contributed by atoms with E-state index >= 15 is 0 Å². The van der Waals surface area contributed by atoms with E-state index in [-0.39, 0.29) is 11.8 Å². The van der Waals surface area contributed by atoms with E-state index in [4.69, 9.17) is 5.11 Å². The van der Waals surface area contributed by atoms with E-state index in [0.29, 0.717) is 0 Å². The molecule has 1 unspecified atom stereocenters. The van der Waals surface area contributed by atoms with Crippen LogP contribution in [0.3, 0.4) is 0 Å². The lowest BCUT2D eigenvalue weighted by atomic mass is 9.88. The fourth-order valence-corrected chi connectivity index (χ4v) is 1.38. The molecule has 58 valence electrons. The average Bonchev–Trinajstić information content (AvgIpc) is 1.88. The summed E-state index contributed by atoms with van der Waals surface area (Å²) in [5, 5.41) is 11.8. The van der Waals surface area contributed by atoms with Crippen LogP contribution in [0.2, 0.25) is 0 Å². The van der Waals surface area contributed by atoms with Crippen molar-refractivity contribution in [3.05, 3.63) is 0 Å². The monoisotopic (exact) mass is 143 g/mol. The summed E-state index contributed by atoms with van der Waals surface area (Å²) in [5.74, 6) is -0.485. The van der Waals surface area contributed by atoms with Gasteiger partial charge in [-0.05, 0) is 25.4 Å². The quantitative estimate of drug-likeness (QED) is 0.555. The molecule has 0 amide bonds. The summed E-state index contributed by atoms with van der Waals surface area (Å²) in [6, 6.07) is 0. The Balaban J connectivity index is 2.47. The molecular formula is C7H13NO2. The van der Waals surface area contributed by atoms with Crippen LogP contribution in [0.25, 0.3) is 0 Å². The largest absolute Gasteiger partial charge is 0.481 e. The first-order valence-corrected chi connectivity index (χ1v) is 3.65. The van der Waals surface area contributed by atoms with Crippen LogP contribution in [0.5, 0.6) is 0 Å². The van der Waals surface area contributed by atoms with Crippen LogP contribution in [0.15, 0.2) is 0 Å². The van der Waals surface area contributed by atoms with Crippen LogP contribution in [0.4, 0.5) is 0 Å². The average molecular weight is 143 g/mol. The van der Waals surface area contributed by atoms with Crippen LogP contribution in [-0.2, 0) is 4.79 Å². The van der Waals surface area contributed by atoms with E-state index in [9.17, 15) is 4.79 Å². The number of piperidine rings is 1. The summed E-state index contributed by atoms with van der Waals surface area (Å²) in [6.07, 6.45) is 0.774. The summed E-state index contributed by atoms with van der Waals surface area (Å²) < 4.78 is 0. The second-order valence-corrected chi connectivity index (χ2v) is 2.91. The normalized spacial score (nSPS) is 33.7. The molecule has 0 bridgehead atoms. The van der Waals surface area contributed by atoms with Gasteiger partial charge in [0.1, 0.15) is 0 Å². The lowest BCUT2D eigenvalue weighted by Crippen LogP contribution is -2.38. The van der Waals surface area contributed by atoms with Gasteiger partial charge < -0.3 is 10.4 Å². The number of carbonyl (C=O) groups is 1. The van der Waals surface area contributed by atoms with Gasteiger partial charge >= 0.3 is 5.97 Å². The lowest BCUT2D eigenvalue weighted by Gasteiger charge is -2.25. The topological polar surface area (TPSA) is 49.3 Å². The molecule has 0 saturated carbocycles. The SMILES string of the molecule is C[C@H]1CNCCC1C(=O)O. The van der Waals surface area contributed by atoms with Gasteiger partial charge in [0.05, 0.1) is 5.92 Å².